The van der Waals surface area contributed by atoms with E-state index in [1.54, 1.807) is 0 Å². The average molecular weight is 597 g/mol. The molecule has 0 aliphatic carbocycles. The maximum absolute atomic E-state index is 12.4. The average Bonchev–Trinajstić information content (AvgIpc) is 3.38. The molecule has 2 heterocycles. The summed E-state index contributed by atoms with van der Waals surface area (Å²) in [5.41, 5.74) is 8.60. The number of nitrogens with zero attached hydrogens (tertiary/aromatic N) is 4. The number of hydrogen-bond acceptors (Lipinski definition) is 7. The first kappa shape index (κ1) is 34.6. The van der Waals surface area contributed by atoms with Crippen LogP contribution in [0.15, 0.2) is 24.3 Å². The summed E-state index contributed by atoms with van der Waals surface area (Å²) in [7, 11) is 0. The van der Waals surface area contributed by atoms with Gasteiger partial charge in [0.05, 0.1) is 18.7 Å². The van der Waals surface area contributed by atoms with Crippen molar-refractivity contribution in [1.82, 2.24) is 24.9 Å². The first-order valence-corrected chi connectivity index (χ1v) is 16.8. The minimum absolute atomic E-state index is 0.0975. The van der Waals surface area contributed by atoms with E-state index in [0.717, 1.165) is 67.6 Å². The minimum atomic E-state index is 0.0975. The molecule has 1 aromatic carbocycles. The van der Waals surface area contributed by atoms with Gasteiger partial charge in [-0.2, -0.15) is 4.73 Å². The molecule has 0 saturated carbocycles. The van der Waals surface area contributed by atoms with E-state index in [0.29, 0.717) is 44.1 Å². The van der Waals surface area contributed by atoms with Gasteiger partial charge in [0.15, 0.2) is 5.82 Å². The summed E-state index contributed by atoms with van der Waals surface area (Å²) in [5, 5.41) is 3.96. The number of benzene rings is 1. The number of nitrogen functional groups attached to an aromatic ring is 1. The highest BCUT2D eigenvalue weighted by atomic mass is 16.7. The third-order valence-corrected chi connectivity index (χ3v) is 7.85. The lowest BCUT2D eigenvalue weighted by molar-refractivity contribution is -0.121. The minimum Gasteiger partial charge on any atom is -0.410 e. The Bertz CT molecular complexity index is 1200. The largest absolute Gasteiger partial charge is 0.410 e. The van der Waals surface area contributed by atoms with Gasteiger partial charge in [-0.05, 0) is 51.4 Å². The molecule has 0 radical (unpaired) electrons. The van der Waals surface area contributed by atoms with Gasteiger partial charge in [0.2, 0.25) is 5.91 Å². The molecule has 0 atom stereocenters. The van der Waals surface area contributed by atoms with Crippen LogP contribution in [0.2, 0.25) is 0 Å². The van der Waals surface area contributed by atoms with Crippen LogP contribution in [0.5, 0.6) is 0 Å². The summed E-state index contributed by atoms with van der Waals surface area (Å²) in [6.07, 6.45) is 14.6. The predicted octanol–water partition coefficient (Wildman–Crippen LogP) is 6.31. The van der Waals surface area contributed by atoms with E-state index in [4.69, 9.17) is 20.3 Å². The molecule has 9 nitrogen and oxygen atoms in total. The van der Waals surface area contributed by atoms with Crippen molar-refractivity contribution in [2.45, 2.75) is 104 Å². The topological polar surface area (TPSA) is 108 Å². The SMILES string of the molecule is CCCCCCN(CCCCCC)CCCC(=O)NCCOCCOn1c(CCCC)nc2c(N)nc3ccccc3c21. The van der Waals surface area contributed by atoms with E-state index in [-0.39, 0.29) is 5.91 Å². The third-order valence-electron chi connectivity index (χ3n) is 7.85. The Hall–Kier alpha value is -2.91. The number of unbranched alkanes of at least 4 members (excludes halogenated alkanes) is 7. The van der Waals surface area contributed by atoms with Crippen LogP contribution < -0.4 is 15.9 Å². The number of fused-ring (bicyclic) bond motifs is 3. The second-order valence-electron chi connectivity index (χ2n) is 11.5. The molecular formula is C34H56N6O3. The van der Waals surface area contributed by atoms with Crippen molar-refractivity contribution < 1.29 is 14.4 Å². The molecule has 43 heavy (non-hydrogen) atoms. The Kier molecular flexibility index (Phi) is 16.2. The van der Waals surface area contributed by atoms with Gasteiger partial charge in [-0.1, -0.05) is 83.9 Å². The zero-order valence-electron chi connectivity index (χ0n) is 27.0. The molecule has 240 valence electrons. The van der Waals surface area contributed by atoms with Crippen molar-refractivity contribution in [2.24, 2.45) is 0 Å². The molecule has 1 amide bonds. The fraction of sp³-hybridized carbons (Fsp3) is 0.676. The van der Waals surface area contributed by atoms with Gasteiger partial charge in [-0.3, -0.25) is 4.79 Å². The number of anilines is 1. The van der Waals surface area contributed by atoms with E-state index in [2.05, 4.69) is 36.0 Å². The van der Waals surface area contributed by atoms with Crippen LogP contribution in [-0.2, 0) is 16.0 Å². The zero-order chi connectivity index (χ0) is 30.7. The van der Waals surface area contributed by atoms with Crippen LogP contribution in [0.25, 0.3) is 21.9 Å². The normalized spacial score (nSPS) is 11.6. The van der Waals surface area contributed by atoms with E-state index < -0.39 is 0 Å². The van der Waals surface area contributed by atoms with Gasteiger partial charge in [0, 0.05) is 24.8 Å². The fourth-order valence-electron chi connectivity index (χ4n) is 5.42. The Balaban J connectivity index is 1.38. The van der Waals surface area contributed by atoms with Crippen LogP contribution >= 0.6 is 0 Å². The summed E-state index contributed by atoms with van der Waals surface area (Å²) < 4.78 is 7.59. The summed E-state index contributed by atoms with van der Waals surface area (Å²) >= 11 is 0. The van der Waals surface area contributed by atoms with Crippen molar-refractivity contribution in [3.8, 4) is 0 Å². The smallest absolute Gasteiger partial charge is 0.220 e. The maximum Gasteiger partial charge on any atom is 0.220 e. The highest BCUT2D eigenvalue weighted by Crippen LogP contribution is 2.28. The zero-order valence-corrected chi connectivity index (χ0v) is 27.0. The number of nitrogens with two attached hydrogens (primary N) is 1. The molecule has 0 unspecified atom stereocenters. The van der Waals surface area contributed by atoms with Crippen molar-refractivity contribution in [3.05, 3.63) is 30.1 Å². The van der Waals surface area contributed by atoms with E-state index in [9.17, 15) is 4.79 Å². The molecule has 3 aromatic rings. The first-order chi connectivity index (χ1) is 21.1. The Morgan fingerprint density at radius 2 is 1.56 bits per heavy atom. The van der Waals surface area contributed by atoms with Gasteiger partial charge >= 0.3 is 0 Å². The molecule has 0 saturated heterocycles. The number of imidazole rings is 1. The number of pyridine rings is 1. The number of carbonyl (C=O) groups excluding carboxylic acids is 1. The quantitative estimate of drug-likeness (QED) is 0.117. The Labute approximate surface area is 258 Å². The summed E-state index contributed by atoms with van der Waals surface area (Å²) in [4.78, 5) is 30.5. The maximum atomic E-state index is 12.4. The van der Waals surface area contributed by atoms with Crippen LogP contribution in [0, 0.1) is 0 Å². The number of rotatable bonds is 24. The predicted molar refractivity (Wildman–Crippen MR) is 177 cm³/mol. The van der Waals surface area contributed by atoms with E-state index in [1.165, 1.54) is 51.4 Å². The molecule has 0 aliphatic heterocycles. The third kappa shape index (κ3) is 11.6. The van der Waals surface area contributed by atoms with Crippen molar-refractivity contribution in [1.29, 1.82) is 0 Å². The number of hydrogen-bond donors (Lipinski definition) is 2. The number of amides is 1. The molecule has 2 aromatic heterocycles. The molecule has 9 heteroatoms. The molecule has 0 aliphatic rings. The summed E-state index contributed by atoms with van der Waals surface area (Å²) in [5.74, 6) is 1.35. The van der Waals surface area contributed by atoms with E-state index in [1.807, 2.05) is 29.0 Å². The van der Waals surface area contributed by atoms with Crippen molar-refractivity contribution in [3.63, 3.8) is 0 Å². The lowest BCUT2D eigenvalue weighted by Crippen LogP contribution is -2.31. The second-order valence-corrected chi connectivity index (χ2v) is 11.5. The number of para-hydroxylation sites is 1. The van der Waals surface area contributed by atoms with Crippen molar-refractivity contribution in [2.75, 3.05) is 51.7 Å². The summed E-state index contributed by atoms with van der Waals surface area (Å²) in [6.45, 7) is 11.7. The van der Waals surface area contributed by atoms with Crippen LogP contribution in [-0.4, -0.2) is 71.5 Å². The standard InChI is InChI=1S/C34H56N6O3/c1-4-7-10-14-22-39(23-15-11-8-5-2)24-16-20-31(41)36-21-25-42-26-27-43-40-30(19-9-6-3)38-32-33(40)28-17-12-13-18-29(28)37-34(32)35/h12-13,17-18H,4-11,14-16,19-27H2,1-3H3,(H2,35,37)(H,36,41). The molecule has 0 fully saturated rings. The van der Waals surface area contributed by atoms with Gasteiger partial charge < -0.3 is 25.5 Å². The molecule has 3 N–H and O–H groups in total. The fourth-order valence-corrected chi connectivity index (χ4v) is 5.42. The van der Waals surface area contributed by atoms with Gasteiger partial charge in [-0.15, -0.1) is 0 Å². The summed E-state index contributed by atoms with van der Waals surface area (Å²) in [6, 6.07) is 7.91. The van der Waals surface area contributed by atoms with E-state index >= 15 is 0 Å². The van der Waals surface area contributed by atoms with Crippen molar-refractivity contribution >= 4 is 33.7 Å². The number of nitrogens with one attached hydrogen (secondary N) is 1. The van der Waals surface area contributed by atoms with Gasteiger partial charge in [-0.25, -0.2) is 9.97 Å². The first-order valence-electron chi connectivity index (χ1n) is 16.8. The van der Waals surface area contributed by atoms with Gasteiger partial charge in [0.25, 0.3) is 0 Å². The highest BCUT2D eigenvalue weighted by Gasteiger charge is 2.18. The number of aryl methyl sites for hydroxylation is 1. The molecular weight excluding hydrogens is 540 g/mol. The Morgan fingerprint density at radius 3 is 2.28 bits per heavy atom. The van der Waals surface area contributed by atoms with Crippen LogP contribution in [0.4, 0.5) is 5.82 Å². The second kappa shape index (κ2) is 20.1. The van der Waals surface area contributed by atoms with Crippen LogP contribution in [0.1, 0.15) is 104 Å². The Morgan fingerprint density at radius 1 is 0.860 bits per heavy atom. The molecule has 3 rings (SSSR count). The number of aromatic nitrogens is 3. The van der Waals surface area contributed by atoms with Crippen LogP contribution in [0.3, 0.4) is 0 Å². The van der Waals surface area contributed by atoms with Gasteiger partial charge in [0.1, 0.15) is 23.5 Å². The highest BCUT2D eigenvalue weighted by molar-refractivity contribution is 6.06. The molecule has 0 bridgehead atoms. The lowest BCUT2D eigenvalue weighted by Gasteiger charge is -2.22. The number of ether oxygens (including phenoxy) is 1. The molecule has 0 spiro atoms. The number of carbonyl (C=O) groups is 1. The monoisotopic (exact) mass is 596 g/mol. The lowest BCUT2D eigenvalue weighted by atomic mass is 10.1.